The minimum Gasteiger partial charge on any atom is -0.496 e. The third-order valence-corrected chi connectivity index (χ3v) is 6.96. The number of carbonyl (C=O) groups excluding carboxylic acids is 1. The number of aliphatic carboxylic acids is 1. The summed E-state index contributed by atoms with van der Waals surface area (Å²) in [6.45, 7) is 10.5. The molecule has 0 radical (unpaired) electrons. The van der Waals surface area contributed by atoms with Crippen molar-refractivity contribution in [1.82, 2.24) is 4.90 Å². The molecule has 1 aromatic carbocycles. The molecule has 1 unspecified atom stereocenters. The number of benzene rings is 1. The molecule has 0 bridgehead atoms. The molecule has 35 heavy (non-hydrogen) atoms. The lowest BCUT2D eigenvalue weighted by molar-refractivity contribution is -0.149. The summed E-state index contributed by atoms with van der Waals surface area (Å²) in [6.07, 6.45) is 3.25. The van der Waals surface area contributed by atoms with Gasteiger partial charge in [-0.15, -0.1) is 0 Å². The second-order valence-corrected chi connectivity index (χ2v) is 11.2. The number of likely N-dealkylation sites (tertiary alicyclic amines) is 1. The molecule has 6 nitrogen and oxygen atoms in total. The van der Waals surface area contributed by atoms with Crippen molar-refractivity contribution < 1.29 is 28.2 Å². The maximum absolute atomic E-state index is 15.0. The lowest BCUT2D eigenvalue weighted by atomic mass is 9.81. The fourth-order valence-corrected chi connectivity index (χ4v) is 5.47. The summed E-state index contributed by atoms with van der Waals surface area (Å²) in [5.74, 6) is -6.14. The first-order valence-electron chi connectivity index (χ1n) is 12.0. The average molecular weight is 491 g/mol. The van der Waals surface area contributed by atoms with Crippen LogP contribution in [-0.2, 0) is 10.2 Å². The summed E-state index contributed by atoms with van der Waals surface area (Å²) in [6, 6.07) is 3.84. The van der Waals surface area contributed by atoms with Crippen molar-refractivity contribution in [3.05, 3.63) is 41.6 Å². The summed E-state index contributed by atoms with van der Waals surface area (Å²) in [4.78, 5) is 32.4. The molecule has 1 saturated heterocycles. The van der Waals surface area contributed by atoms with Crippen LogP contribution in [0.15, 0.2) is 35.5 Å². The van der Waals surface area contributed by atoms with E-state index < -0.39 is 35.3 Å². The molecule has 2 heterocycles. The smallest absolute Gasteiger partial charge is 0.329 e. The van der Waals surface area contributed by atoms with Gasteiger partial charge in [-0.2, -0.15) is 0 Å². The normalized spacial score (nSPS) is 24.7. The number of hydrogen-bond donors (Lipinski definition) is 1. The van der Waals surface area contributed by atoms with Crippen LogP contribution in [0.25, 0.3) is 0 Å². The van der Waals surface area contributed by atoms with E-state index in [0.717, 1.165) is 12.5 Å². The molecule has 2 aliphatic rings. The number of hydrogen-bond acceptors (Lipinski definition) is 4. The highest BCUT2D eigenvalue weighted by Crippen LogP contribution is 2.50. The SMILES string of the molecule is COc1cc(C(=O)N2[C@@H](C3=NC=CC3)C(C(C)(F)F)C[C@@]2(CC(C)C)C(=O)O)ccc1C(C)(C)C. The van der Waals surface area contributed by atoms with E-state index in [0.29, 0.717) is 17.9 Å². The minimum atomic E-state index is -3.21. The Hall–Kier alpha value is -2.77. The standard InChI is InChI=1S/C27H36F2N2O4/c1-16(2)14-27(24(33)34)15-19(26(6,28)29)22(20-9-8-12-30-20)31(27)23(32)17-10-11-18(25(3,4)5)21(13-17)35-7/h8,10-13,16,19,22H,9,14-15H2,1-7H3,(H,33,34)/t19?,22-,27+/m1/s1. The fraction of sp³-hybridized carbons (Fsp3) is 0.593. The van der Waals surface area contributed by atoms with Crippen molar-refractivity contribution >= 4 is 17.6 Å². The van der Waals surface area contributed by atoms with Gasteiger partial charge in [0.05, 0.1) is 19.1 Å². The van der Waals surface area contributed by atoms with Crippen LogP contribution in [-0.4, -0.2) is 52.2 Å². The Labute approximate surface area is 206 Å². The van der Waals surface area contributed by atoms with Gasteiger partial charge >= 0.3 is 5.97 Å². The Bertz CT molecular complexity index is 1050. The van der Waals surface area contributed by atoms with Gasteiger partial charge in [0, 0.05) is 23.9 Å². The highest BCUT2D eigenvalue weighted by Gasteiger charge is 2.64. The number of ether oxygens (including phenoxy) is 1. The molecule has 2 aliphatic heterocycles. The molecule has 0 saturated carbocycles. The molecular formula is C27H36F2N2O4. The summed E-state index contributed by atoms with van der Waals surface area (Å²) >= 11 is 0. The molecule has 1 fully saturated rings. The van der Waals surface area contributed by atoms with Crippen molar-refractivity contribution in [2.24, 2.45) is 16.8 Å². The van der Waals surface area contributed by atoms with E-state index in [1.54, 1.807) is 24.3 Å². The van der Waals surface area contributed by atoms with Crippen LogP contribution in [0, 0.1) is 11.8 Å². The lowest BCUT2D eigenvalue weighted by Gasteiger charge is -2.39. The van der Waals surface area contributed by atoms with Crippen molar-refractivity contribution in [3.63, 3.8) is 0 Å². The highest BCUT2D eigenvalue weighted by atomic mass is 19.3. The van der Waals surface area contributed by atoms with Gasteiger partial charge in [-0.1, -0.05) is 46.8 Å². The molecule has 1 aromatic rings. The number of aliphatic imine (C=N–C) groups is 1. The summed E-state index contributed by atoms with van der Waals surface area (Å²) in [7, 11) is 1.50. The number of carboxylic acids is 1. The molecule has 3 atom stereocenters. The van der Waals surface area contributed by atoms with Gasteiger partial charge in [-0.25, -0.2) is 13.6 Å². The largest absolute Gasteiger partial charge is 0.496 e. The van der Waals surface area contributed by atoms with E-state index in [2.05, 4.69) is 4.99 Å². The summed E-state index contributed by atoms with van der Waals surface area (Å²) in [5, 5.41) is 10.5. The Morgan fingerprint density at radius 1 is 1.26 bits per heavy atom. The molecule has 192 valence electrons. The van der Waals surface area contributed by atoms with Gasteiger partial charge in [0.15, 0.2) is 0 Å². The number of alkyl halides is 2. The minimum absolute atomic E-state index is 0.0507. The van der Waals surface area contributed by atoms with Gasteiger partial charge in [-0.05, 0) is 48.8 Å². The molecule has 0 spiro atoms. The van der Waals surface area contributed by atoms with Crippen LogP contribution >= 0.6 is 0 Å². The predicted octanol–water partition coefficient (Wildman–Crippen LogP) is 5.71. The topological polar surface area (TPSA) is 79.2 Å². The first-order valence-corrected chi connectivity index (χ1v) is 12.0. The Morgan fingerprint density at radius 3 is 2.37 bits per heavy atom. The monoisotopic (exact) mass is 490 g/mol. The number of halogens is 2. The van der Waals surface area contributed by atoms with E-state index in [4.69, 9.17) is 4.74 Å². The Balaban J connectivity index is 2.23. The first kappa shape index (κ1) is 26.8. The molecule has 1 N–H and O–H groups in total. The highest BCUT2D eigenvalue weighted by molar-refractivity contribution is 6.04. The van der Waals surface area contributed by atoms with Crippen molar-refractivity contribution in [2.75, 3.05) is 7.11 Å². The van der Waals surface area contributed by atoms with Crippen LogP contribution in [0.3, 0.4) is 0 Å². The number of rotatable bonds is 7. The van der Waals surface area contributed by atoms with E-state index in [1.807, 2.05) is 34.6 Å². The first-order chi connectivity index (χ1) is 16.1. The molecule has 0 aromatic heterocycles. The van der Waals surface area contributed by atoms with E-state index in [1.165, 1.54) is 18.2 Å². The maximum Gasteiger partial charge on any atom is 0.329 e. The van der Waals surface area contributed by atoms with E-state index >= 15 is 0 Å². The summed E-state index contributed by atoms with van der Waals surface area (Å²) in [5.41, 5.74) is -0.592. The Kier molecular flexibility index (Phi) is 7.17. The number of allylic oxidation sites excluding steroid dienone is 1. The van der Waals surface area contributed by atoms with Gasteiger partial charge in [0.25, 0.3) is 11.8 Å². The zero-order valence-electron chi connectivity index (χ0n) is 21.6. The summed E-state index contributed by atoms with van der Waals surface area (Å²) < 4.78 is 35.5. The van der Waals surface area contributed by atoms with Crippen LogP contribution in [0.2, 0.25) is 0 Å². The van der Waals surface area contributed by atoms with Gasteiger partial charge in [-0.3, -0.25) is 9.79 Å². The number of carbonyl (C=O) groups is 2. The van der Waals surface area contributed by atoms with Crippen molar-refractivity contribution in [1.29, 1.82) is 0 Å². The molecule has 1 amide bonds. The number of carboxylic acid groups (broad SMARTS) is 1. The number of amides is 1. The molecule has 0 aliphatic carbocycles. The zero-order chi connectivity index (χ0) is 26.3. The van der Waals surface area contributed by atoms with Gasteiger partial charge < -0.3 is 14.7 Å². The van der Waals surface area contributed by atoms with Gasteiger partial charge in [0.2, 0.25) is 0 Å². The number of nitrogens with zero attached hydrogens (tertiary/aromatic N) is 2. The second kappa shape index (κ2) is 9.36. The third kappa shape index (κ3) is 4.98. The van der Waals surface area contributed by atoms with Crippen LogP contribution in [0.5, 0.6) is 5.75 Å². The van der Waals surface area contributed by atoms with Crippen molar-refractivity contribution in [2.45, 2.75) is 83.7 Å². The second-order valence-electron chi connectivity index (χ2n) is 11.2. The van der Waals surface area contributed by atoms with E-state index in [9.17, 15) is 23.5 Å². The Morgan fingerprint density at radius 2 is 1.91 bits per heavy atom. The van der Waals surface area contributed by atoms with Crippen LogP contribution in [0.1, 0.15) is 76.7 Å². The predicted molar refractivity (Wildman–Crippen MR) is 131 cm³/mol. The lowest BCUT2D eigenvalue weighted by Crippen LogP contribution is -2.58. The number of methoxy groups -OCH3 is 1. The van der Waals surface area contributed by atoms with Crippen molar-refractivity contribution in [3.8, 4) is 5.75 Å². The van der Waals surface area contributed by atoms with E-state index in [-0.39, 0.29) is 29.7 Å². The maximum atomic E-state index is 15.0. The third-order valence-electron chi connectivity index (χ3n) is 6.96. The van der Waals surface area contributed by atoms with Crippen LogP contribution < -0.4 is 4.74 Å². The zero-order valence-corrected chi connectivity index (χ0v) is 21.6. The van der Waals surface area contributed by atoms with Crippen LogP contribution in [0.4, 0.5) is 8.78 Å². The molecule has 8 heteroatoms. The molecular weight excluding hydrogens is 454 g/mol. The quantitative estimate of drug-likeness (QED) is 0.531. The molecule has 3 rings (SSSR count). The fourth-order valence-electron chi connectivity index (χ4n) is 5.47. The average Bonchev–Trinajstić information content (AvgIpc) is 3.38. The van der Waals surface area contributed by atoms with Gasteiger partial charge in [0.1, 0.15) is 11.3 Å².